The van der Waals surface area contributed by atoms with Crippen LogP contribution in [0.15, 0.2) is 42.5 Å². The van der Waals surface area contributed by atoms with Gasteiger partial charge in [-0.25, -0.2) is 0 Å². The SMILES string of the molecule is O=C(CCC(=O)c1ccc2c(c1)CCC2)NCCc1ccc(OCC(=O)NC2CC2)cc1. The maximum Gasteiger partial charge on any atom is 0.258 e. The predicted molar refractivity (Wildman–Crippen MR) is 122 cm³/mol. The van der Waals surface area contributed by atoms with Gasteiger partial charge in [0.1, 0.15) is 5.75 Å². The number of hydrogen-bond donors (Lipinski definition) is 2. The molecule has 0 heterocycles. The highest BCUT2D eigenvalue weighted by atomic mass is 16.5. The van der Waals surface area contributed by atoms with Gasteiger partial charge in [0.25, 0.3) is 5.91 Å². The van der Waals surface area contributed by atoms with Crippen LogP contribution in [0.5, 0.6) is 5.75 Å². The van der Waals surface area contributed by atoms with Gasteiger partial charge in [0.2, 0.25) is 5.91 Å². The van der Waals surface area contributed by atoms with Gasteiger partial charge in [0.05, 0.1) is 0 Å². The summed E-state index contributed by atoms with van der Waals surface area (Å²) in [5.74, 6) is 0.472. The Morgan fingerprint density at radius 2 is 1.69 bits per heavy atom. The number of Topliss-reactive ketones (excluding diaryl/α,β-unsaturated/α-hetero) is 1. The summed E-state index contributed by atoms with van der Waals surface area (Å²) in [5.41, 5.74) is 4.40. The van der Waals surface area contributed by atoms with Gasteiger partial charge in [-0.05, 0) is 73.4 Å². The number of benzene rings is 2. The second kappa shape index (κ2) is 10.4. The first-order valence-corrected chi connectivity index (χ1v) is 11.5. The minimum Gasteiger partial charge on any atom is -0.484 e. The number of fused-ring (bicyclic) bond motifs is 1. The fourth-order valence-corrected chi connectivity index (χ4v) is 3.95. The number of ketones is 1. The number of nitrogens with one attached hydrogen (secondary N) is 2. The quantitative estimate of drug-likeness (QED) is 0.532. The lowest BCUT2D eigenvalue weighted by atomic mass is 10.0. The topological polar surface area (TPSA) is 84.5 Å². The number of amides is 2. The van der Waals surface area contributed by atoms with Crippen LogP contribution in [0.1, 0.15) is 59.2 Å². The number of ether oxygens (including phenoxy) is 1. The summed E-state index contributed by atoms with van der Waals surface area (Å²) in [6.45, 7) is 0.534. The molecule has 0 aromatic heterocycles. The third-order valence-electron chi connectivity index (χ3n) is 5.97. The van der Waals surface area contributed by atoms with Crippen molar-refractivity contribution in [1.29, 1.82) is 0 Å². The van der Waals surface area contributed by atoms with Crippen molar-refractivity contribution in [3.63, 3.8) is 0 Å². The number of rotatable bonds is 11. The number of carbonyl (C=O) groups excluding carboxylic acids is 3. The third kappa shape index (κ3) is 6.42. The van der Waals surface area contributed by atoms with Gasteiger partial charge in [0, 0.05) is 31.0 Å². The van der Waals surface area contributed by atoms with Crippen molar-refractivity contribution in [2.24, 2.45) is 0 Å². The molecule has 0 aliphatic heterocycles. The molecule has 168 valence electrons. The van der Waals surface area contributed by atoms with Gasteiger partial charge in [-0.2, -0.15) is 0 Å². The fourth-order valence-electron chi connectivity index (χ4n) is 3.95. The van der Waals surface area contributed by atoms with E-state index >= 15 is 0 Å². The zero-order valence-electron chi connectivity index (χ0n) is 18.3. The molecular weight excluding hydrogens is 404 g/mol. The molecule has 1 fully saturated rings. The highest BCUT2D eigenvalue weighted by Crippen LogP contribution is 2.23. The first-order valence-electron chi connectivity index (χ1n) is 11.5. The average Bonchev–Trinajstić information content (AvgIpc) is 3.49. The Balaban J connectivity index is 1.12. The van der Waals surface area contributed by atoms with Gasteiger partial charge < -0.3 is 15.4 Å². The molecule has 2 aliphatic rings. The van der Waals surface area contributed by atoms with Crippen molar-refractivity contribution in [3.05, 3.63) is 64.7 Å². The lowest BCUT2D eigenvalue weighted by Gasteiger charge is -2.08. The average molecular weight is 435 g/mol. The molecule has 2 amide bonds. The van der Waals surface area contributed by atoms with Crippen LogP contribution in [-0.2, 0) is 28.9 Å². The van der Waals surface area contributed by atoms with E-state index in [1.54, 1.807) is 0 Å². The maximum atomic E-state index is 12.4. The van der Waals surface area contributed by atoms with E-state index in [-0.39, 0.29) is 37.0 Å². The lowest BCUT2D eigenvalue weighted by molar-refractivity contribution is -0.123. The molecule has 32 heavy (non-hydrogen) atoms. The van der Waals surface area contributed by atoms with Crippen molar-refractivity contribution in [2.75, 3.05) is 13.2 Å². The molecule has 0 atom stereocenters. The van der Waals surface area contributed by atoms with Crippen molar-refractivity contribution < 1.29 is 19.1 Å². The zero-order valence-corrected chi connectivity index (χ0v) is 18.3. The highest BCUT2D eigenvalue weighted by Gasteiger charge is 2.23. The predicted octanol–water partition coefficient (Wildman–Crippen LogP) is 3.15. The van der Waals surface area contributed by atoms with Crippen LogP contribution in [0.2, 0.25) is 0 Å². The molecule has 2 aromatic rings. The summed E-state index contributed by atoms with van der Waals surface area (Å²) in [4.78, 5) is 36.2. The summed E-state index contributed by atoms with van der Waals surface area (Å²) in [7, 11) is 0. The molecule has 6 nitrogen and oxygen atoms in total. The van der Waals surface area contributed by atoms with Gasteiger partial charge in [-0.15, -0.1) is 0 Å². The maximum absolute atomic E-state index is 12.4. The van der Waals surface area contributed by atoms with Crippen LogP contribution in [0.25, 0.3) is 0 Å². The minimum atomic E-state index is -0.110. The molecular formula is C26H30N2O4. The van der Waals surface area contributed by atoms with E-state index in [1.165, 1.54) is 11.1 Å². The first kappa shape index (κ1) is 22.1. The molecule has 2 N–H and O–H groups in total. The highest BCUT2D eigenvalue weighted by molar-refractivity contribution is 5.98. The van der Waals surface area contributed by atoms with E-state index in [9.17, 15) is 14.4 Å². The van der Waals surface area contributed by atoms with Gasteiger partial charge in [-0.3, -0.25) is 14.4 Å². The largest absolute Gasteiger partial charge is 0.484 e. The molecule has 0 unspecified atom stereocenters. The molecule has 0 bridgehead atoms. The van der Waals surface area contributed by atoms with Crippen molar-refractivity contribution >= 4 is 17.6 Å². The van der Waals surface area contributed by atoms with Crippen molar-refractivity contribution in [1.82, 2.24) is 10.6 Å². The molecule has 4 rings (SSSR count). The van der Waals surface area contributed by atoms with E-state index in [0.717, 1.165) is 37.7 Å². The Bertz CT molecular complexity index is 980. The molecule has 0 saturated heterocycles. The van der Waals surface area contributed by atoms with Crippen LogP contribution in [0.3, 0.4) is 0 Å². The van der Waals surface area contributed by atoms with Crippen LogP contribution in [0.4, 0.5) is 0 Å². The van der Waals surface area contributed by atoms with E-state index in [4.69, 9.17) is 4.74 Å². The minimum absolute atomic E-state index is 0.0239. The standard InChI is InChI=1S/C26H30N2O4/c29-24(21-7-6-19-2-1-3-20(19)16-21)12-13-25(30)27-15-14-18-4-10-23(11-5-18)32-17-26(31)28-22-8-9-22/h4-7,10-11,16,22H,1-3,8-9,12-15,17H2,(H,27,30)(H,28,31). The van der Waals surface area contributed by atoms with Crippen molar-refractivity contribution in [2.45, 2.75) is 57.4 Å². The molecule has 2 aliphatic carbocycles. The van der Waals surface area contributed by atoms with E-state index < -0.39 is 0 Å². The summed E-state index contributed by atoms with van der Waals surface area (Å²) < 4.78 is 5.50. The van der Waals surface area contributed by atoms with Gasteiger partial charge >= 0.3 is 0 Å². The lowest BCUT2D eigenvalue weighted by Crippen LogP contribution is -2.30. The molecule has 0 spiro atoms. The summed E-state index contributed by atoms with van der Waals surface area (Å²) in [6, 6.07) is 13.8. The van der Waals surface area contributed by atoms with E-state index in [2.05, 4.69) is 16.7 Å². The monoisotopic (exact) mass is 434 g/mol. The number of aryl methyl sites for hydroxylation is 2. The van der Waals surface area contributed by atoms with E-state index in [0.29, 0.717) is 30.3 Å². The normalized spacial score (nSPS) is 14.5. The zero-order chi connectivity index (χ0) is 22.3. The first-order chi connectivity index (χ1) is 15.6. The second-order valence-electron chi connectivity index (χ2n) is 8.63. The molecule has 1 saturated carbocycles. The van der Waals surface area contributed by atoms with Crippen LogP contribution in [-0.4, -0.2) is 36.8 Å². The molecule has 2 aromatic carbocycles. The summed E-state index contributed by atoms with van der Waals surface area (Å²) in [6.07, 6.45) is 6.52. The third-order valence-corrected chi connectivity index (χ3v) is 5.97. The number of carbonyl (C=O) groups is 3. The van der Waals surface area contributed by atoms with Gasteiger partial charge in [0.15, 0.2) is 12.4 Å². The summed E-state index contributed by atoms with van der Waals surface area (Å²) in [5, 5.41) is 5.77. The Kier molecular flexibility index (Phi) is 7.20. The van der Waals surface area contributed by atoms with Crippen LogP contribution < -0.4 is 15.4 Å². The Hall–Kier alpha value is -3.15. The van der Waals surface area contributed by atoms with Crippen LogP contribution in [0, 0.1) is 0 Å². The van der Waals surface area contributed by atoms with Crippen molar-refractivity contribution in [3.8, 4) is 5.75 Å². The fraction of sp³-hybridized carbons (Fsp3) is 0.423. The molecule has 6 heteroatoms. The second-order valence-corrected chi connectivity index (χ2v) is 8.63. The van der Waals surface area contributed by atoms with E-state index in [1.807, 2.05) is 36.4 Å². The Morgan fingerprint density at radius 1 is 0.906 bits per heavy atom. The van der Waals surface area contributed by atoms with Gasteiger partial charge in [-0.1, -0.05) is 24.3 Å². The smallest absolute Gasteiger partial charge is 0.258 e. The Labute approximate surface area is 188 Å². The Morgan fingerprint density at radius 3 is 2.47 bits per heavy atom. The summed E-state index contributed by atoms with van der Waals surface area (Å²) >= 11 is 0. The van der Waals surface area contributed by atoms with Crippen LogP contribution >= 0.6 is 0 Å². The molecule has 0 radical (unpaired) electrons. The number of hydrogen-bond acceptors (Lipinski definition) is 4.